The van der Waals surface area contributed by atoms with Crippen molar-refractivity contribution in [2.45, 2.75) is 6.04 Å². The Hall–Kier alpha value is -4.02. The van der Waals surface area contributed by atoms with Crippen molar-refractivity contribution in [3.05, 3.63) is 65.7 Å². The van der Waals surface area contributed by atoms with Gasteiger partial charge in [-0.2, -0.15) is 0 Å². The summed E-state index contributed by atoms with van der Waals surface area (Å²) in [5.41, 5.74) is 3.15. The molecule has 0 bridgehead atoms. The molecule has 1 amide bonds. The van der Waals surface area contributed by atoms with E-state index in [0.717, 1.165) is 5.56 Å². The number of rotatable bonds is 6. The molecular weight excluding hydrogens is 499 g/mol. The van der Waals surface area contributed by atoms with E-state index in [1.807, 2.05) is 35.2 Å². The Balaban J connectivity index is 1.50. The van der Waals surface area contributed by atoms with Crippen LogP contribution in [-0.4, -0.2) is 60.8 Å². The number of piperazine rings is 1. The molecule has 1 aliphatic heterocycles. The minimum absolute atomic E-state index is 0.0647. The summed E-state index contributed by atoms with van der Waals surface area (Å²) in [6.45, 7) is 1.57. The van der Waals surface area contributed by atoms with Gasteiger partial charge < -0.3 is 25.0 Å². The highest BCUT2D eigenvalue weighted by Gasteiger charge is 2.31. The molecule has 0 saturated carbocycles. The van der Waals surface area contributed by atoms with E-state index < -0.39 is 11.9 Å². The largest absolute Gasteiger partial charge is 0.493 e. The van der Waals surface area contributed by atoms with Gasteiger partial charge >= 0.3 is 0 Å². The average Bonchev–Trinajstić information content (AvgIpc) is 2.94. The molecule has 9 nitrogen and oxygen atoms in total. The van der Waals surface area contributed by atoms with Crippen LogP contribution in [0.3, 0.4) is 0 Å². The standard InChI is InChI=1S/C26H24ClFN6O3/c1-36-22-8-3-15(11-23(22)37-2)19-6-7-20-24(33-19)25(31-14-30-20)34-10-9-29-13-21(34)26(35)32-16-4-5-18(28)17(27)12-16/h3-8,11-12,14,21,29H,9-10,13H2,1-2H3,(H,32,35). The molecule has 1 aliphatic rings. The molecule has 190 valence electrons. The molecule has 2 N–H and O–H groups in total. The summed E-state index contributed by atoms with van der Waals surface area (Å²) in [6, 6.07) is 12.8. The van der Waals surface area contributed by atoms with E-state index in [-0.39, 0.29) is 10.9 Å². The highest BCUT2D eigenvalue weighted by molar-refractivity contribution is 6.31. The molecule has 0 aliphatic carbocycles. The van der Waals surface area contributed by atoms with Gasteiger partial charge in [0.1, 0.15) is 23.7 Å². The molecule has 2 aromatic carbocycles. The summed E-state index contributed by atoms with van der Waals surface area (Å²) in [7, 11) is 3.16. The molecule has 11 heteroatoms. The van der Waals surface area contributed by atoms with Crippen LogP contribution in [0.1, 0.15) is 0 Å². The number of hydrogen-bond donors (Lipinski definition) is 2. The molecule has 1 unspecified atom stereocenters. The molecule has 1 fully saturated rings. The number of amides is 1. The van der Waals surface area contributed by atoms with Crippen LogP contribution >= 0.6 is 11.6 Å². The molecule has 0 spiro atoms. The Kier molecular flexibility index (Phi) is 7.02. The quantitative estimate of drug-likeness (QED) is 0.393. The zero-order valence-corrected chi connectivity index (χ0v) is 20.9. The Morgan fingerprint density at radius 2 is 1.95 bits per heavy atom. The van der Waals surface area contributed by atoms with Gasteiger partial charge in [0.25, 0.3) is 0 Å². The minimum atomic E-state index is -0.595. The molecule has 0 radical (unpaired) electrons. The number of ether oxygens (including phenoxy) is 2. The highest BCUT2D eigenvalue weighted by atomic mass is 35.5. The van der Waals surface area contributed by atoms with Crippen molar-refractivity contribution in [2.75, 3.05) is 44.1 Å². The lowest BCUT2D eigenvalue weighted by Gasteiger charge is -2.36. The van der Waals surface area contributed by atoms with Gasteiger partial charge in [-0.15, -0.1) is 0 Å². The van der Waals surface area contributed by atoms with Gasteiger partial charge in [-0.1, -0.05) is 11.6 Å². The van der Waals surface area contributed by atoms with E-state index in [2.05, 4.69) is 20.6 Å². The van der Waals surface area contributed by atoms with Gasteiger partial charge in [0, 0.05) is 30.9 Å². The lowest BCUT2D eigenvalue weighted by Crippen LogP contribution is -2.57. The molecule has 1 saturated heterocycles. The number of hydrogen-bond acceptors (Lipinski definition) is 8. The number of carbonyl (C=O) groups excluding carboxylic acids is 1. The van der Waals surface area contributed by atoms with Crippen LogP contribution in [0, 0.1) is 5.82 Å². The minimum Gasteiger partial charge on any atom is -0.493 e. The predicted molar refractivity (Wildman–Crippen MR) is 140 cm³/mol. The van der Waals surface area contributed by atoms with E-state index in [9.17, 15) is 9.18 Å². The molecule has 3 heterocycles. The fourth-order valence-corrected chi connectivity index (χ4v) is 4.47. The number of carbonyl (C=O) groups is 1. The first-order valence-corrected chi connectivity index (χ1v) is 11.9. The molecule has 2 aromatic heterocycles. The number of halogens is 2. The van der Waals surface area contributed by atoms with Crippen LogP contribution < -0.4 is 25.0 Å². The van der Waals surface area contributed by atoms with Crippen LogP contribution in [0.5, 0.6) is 11.5 Å². The second kappa shape index (κ2) is 10.5. The number of anilines is 2. The third kappa shape index (κ3) is 4.98. The van der Waals surface area contributed by atoms with E-state index in [0.29, 0.717) is 59.4 Å². The molecule has 5 rings (SSSR count). The Labute approximate surface area is 217 Å². The number of aromatic nitrogens is 3. The van der Waals surface area contributed by atoms with Crippen LogP contribution in [0.2, 0.25) is 5.02 Å². The number of nitrogens with one attached hydrogen (secondary N) is 2. The van der Waals surface area contributed by atoms with Gasteiger partial charge in [0.05, 0.1) is 30.5 Å². The maximum atomic E-state index is 13.6. The summed E-state index contributed by atoms with van der Waals surface area (Å²) >= 11 is 5.89. The third-order valence-corrected chi connectivity index (χ3v) is 6.44. The normalized spacial score (nSPS) is 15.5. The monoisotopic (exact) mass is 522 g/mol. The topological polar surface area (TPSA) is 102 Å². The van der Waals surface area contributed by atoms with Crippen molar-refractivity contribution in [1.82, 2.24) is 20.3 Å². The first-order chi connectivity index (χ1) is 18.0. The average molecular weight is 523 g/mol. The fourth-order valence-electron chi connectivity index (χ4n) is 4.29. The Morgan fingerprint density at radius 1 is 1.11 bits per heavy atom. The van der Waals surface area contributed by atoms with Crippen LogP contribution in [-0.2, 0) is 4.79 Å². The number of pyridine rings is 1. The van der Waals surface area contributed by atoms with Crippen molar-refractivity contribution in [2.24, 2.45) is 0 Å². The molecule has 4 aromatic rings. The Bertz CT molecular complexity index is 1470. The molecule has 1 atom stereocenters. The van der Waals surface area contributed by atoms with Gasteiger partial charge in [-0.25, -0.2) is 19.3 Å². The van der Waals surface area contributed by atoms with Gasteiger partial charge in [0.15, 0.2) is 17.3 Å². The summed E-state index contributed by atoms with van der Waals surface area (Å²) in [4.78, 5) is 29.0. The number of benzene rings is 2. The first-order valence-electron chi connectivity index (χ1n) is 11.6. The van der Waals surface area contributed by atoms with Gasteiger partial charge in [-0.05, 0) is 48.5 Å². The summed E-state index contributed by atoms with van der Waals surface area (Å²) in [6.07, 6.45) is 1.46. The summed E-state index contributed by atoms with van der Waals surface area (Å²) < 4.78 is 24.3. The van der Waals surface area contributed by atoms with Gasteiger partial charge in [0.2, 0.25) is 5.91 Å². The predicted octanol–water partition coefficient (Wildman–Crippen LogP) is 3.92. The van der Waals surface area contributed by atoms with Gasteiger partial charge in [-0.3, -0.25) is 4.79 Å². The van der Waals surface area contributed by atoms with E-state index >= 15 is 0 Å². The van der Waals surface area contributed by atoms with E-state index in [1.54, 1.807) is 14.2 Å². The number of nitrogens with zero attached hydrogens (tertiary/aromatic N) is 4. The van der Waals surface area contributed by atoms with Crippen molar-refractivity contribution < 1.29 is 18.7 Å². The third-order valence-electron chi connectivity index (χ3n) is 6.15. The SMILES string of the molecule is COc1ccc(-c2ccc3ncnc(N4CCNCC4C(=O)Nc4ccc(F)c(Cl)c4)c3n2)cc1OC. The first kappa shape index (κ1) is 24.7. The maximum absolute atomic E-state index is 13.6. The lowest BCUT2D eigenvalue weighted by atomic mass is 10.1. The van der Waals surface area contributed by atoms with Crippen LogP contribution in [0.25, 0.3) is 22.3 Å². The Morgan fingerprint density at radius 3 is 2.73 bits per heavy atom. The number of fused-ring (bicyclic) bond motifs is 1. The van der Waals surface area contributed by atoms with Crippen LogP contribution in [0.15, 0.2) is 54.9 Å². The number of methoxy groups -OCH3 is 2. The molecule has 37 heavy (non-hydrogen) atoms. The van der Waals surface area contributed by atoms with Crippen molar-refractivity contribution in [3.8, 4) is 22.8 Å². The van der Waals surface area contributed by atoms with Crippen molar-refractivity contribution in [1.29, 1.82) is 0 Å². The van der Waals surface area contributed by atoms with Crippen molar-refractivity contribution in [3.63, 3.8) is 0 Å². The second-order valence-corrected chi connectivity index (χ2v) is 8.77. The van der Waals surface area contributed by atoms with E-state index in [1.165, 1.54) is 24.5 Å². The summed E-state index contributed by atoms with van der Waals surface area (Å²) in [5, 5.41) is 6.01. The summed E-state index contributed by atoms with van der Waals surface area (Å²) in [5.74, 6) is 0.924. The smallest absolute Gasteiger partial charge is 0.248 e. The highest BCUT2D eigenvalue weighted by Crippen LogP contribution is 2.33. The van der Waals surface area contributed by atoms with Crippen molar-refractivity contribution >= 4 is 40.0 Å². The zero-order chi connectivity index (χ0) is 25.9. The second-order valence-electron chi connectivity index (χ2n) is 8.36. The lowest BCUT2D eigenvalue weighted by molar-refractivity contribution is -0.117. The van der Waals surface area contributed by atoms with Crippen LogP contribution in [0.4, 0.5) is 15.9 Å². The maximum Gasteiger partial charge on any atom is 0.248 e. The zero-order valence-electron chi connectivity index (χ0n) is 20.2. The van der Waals surface area contributed by atoms with E-state index in [4.69, 9.17) is 26.1 Å². The molecular formula is C26H24ClFN6O3. The fraction of sp³-hybridized carbons (Fsp3) is 0.231.